The van der Waals surface area contributed by atoms with Crippen LogP contribution in [0.5, 0.6) is 0 Å². The van der Waals surface area contributed by atoms with E-state index in [-0.39, 0.29) is 25.3 Å². The minimum atomic E-state index is -1.03. The van der Waals surface area contributed by atoms with Crippen LogP contribution in [0.15, 0.2) is 47.6 Å². The summed E-state index contributed by atoms with van der Waals surface area (Å²) in [4.78, 5) is 33.5. The van der Waals surface area contributed by atoms with E-state index in [2.05, 4.69) is 25.6 Å². The number of carbonyl (C=O) groups excluding carboxylic acids is 2. The number of anilines is 1. The Kier molecular flexibility index (Phi) is 9.16. The number of hydrogen-bond donors (Lipinski definition) is 3. The molecule has 0 spiro atoms. The molecule has 184 valence electrons. The van der Waals surface area contributed by atoms with Crippen molar-refractivity contribution in [2.75, 3.05) is 25.5 Å². The third-order valence-electron chi connectivity index (χ3n) is 5.11. The zero-order valence-electron chi connectivity index (χ0n) is 18.8. The van der Waals surface area contributed by atoms with E-state index in [0.29, 0.717) is 18.0 Å². The zero-order chi connectivity index (χ0) is 25.2. The molecule has 0 saturated carbocycles. The molecule has 0 fully saturated rings. The van der Waals surface area contributed by atoms with Crippen molar-refractivity contribution in [1.82, 2.24) is 20.1 Å². The predicted octanol–water partition coefficient (Wildman–Crippen LogP) is 4.66. The Morgan fingerprint density at radius 1 is 1.26 bits per heavy atom. The molecule has 2 aromatic carbocycles. The molecule has 3 N–H and O–H groups in total. The molecule has 0 radical (unpaired) electrons. The Hall–Kier alpha value is -3.96. The number of para-hydroxylation sites is 1. The SMILES string of the molecule is CN(C(=O)NCc1cccc(F)c1F)[C@@H](CCCN=[N+]=N)COC(=O)Nc1nc2ccccc2s1. The molecule has 1 atom stereocenters. The largest absolute Gasteiger partial charge is 0.447 e. The van der Waals surface area contributed by atoms with Crippen molar-refractivity contribution in [3.05, 3.63) is 59.7 Å². The highest BCUT2D eigenvalue weighted by Crippen LogP contribution is 2.25. The van der Waals surface area contributed by atoms with E-state index in [0.717, 1.165) is 16.3 Å². The fraction of sp³-hybridized carbons (Fsp3) is 0.318. The number of carbonyl (C=O) groups is 2. The number of likely N-dealkylation sites (N-methyl/N-ethyl adjacent to an activating group) is 1. The molecule has 10 nitrogen and oxygen atoms in total. The summed E-state index contributed by atoms with van der Waals surface area (Å²) in [5.74, 6) is -2.03. The summed E-state index contributed by atoms with van der Waals surface area (Å²) in [5.41, 5.74) is 7.49. The average Bonchev–Trinajstić information content (AvgIpc) is 3.26. The maximum Gasteiger partial charge on any atom is 0.413 e. The maximum absolute atomic E-state index is 13.9. The van der Waals surface area contributed by atoms with Crippen molar-refractivity contribution in [3.63, 3.8) is 0 Å². The summed E-state index contributed by atoms with van der Waals surface area (Å²) >= 11 is 1.30. The highest BCUT2D eigenvalue weighted by Gasteiger charge is 2.22. The zero-order valence-corrected chi connectivity index (χ0v) is 19.6. The van der Waals surface area contributed by atoms with Gasteiger partial charge in [0.2, 0.25) is 4.91 Å². The van der Waals surface area contributed by atoms with Crippen molar-refractivity contribution in [2.24, 2.45) is 5.11 Å². The number of nitrogens with zero attached hydrogens (tertiary/aromatic N) is 4. The highest BCUT2D eigenvalue weighted by molar-refractivity contribution is 7.22. The third-order valence-corrected chi connectivity index (χ3v) is 6.06. The molecule has 0 saturated heterocycles. The molecule has 1 heterocycles. The number of aromatic nitrogens is 1. The summed E-state index contributed by atoms with van der Waals surface area (Å²) < 4.78 is 33.5. The molecule has 3 aromatic rings. The molecular formula is C22H24F2N7O3S+. The minimum absolute atomic E-state index is 0.00520. The predicted molar refractivity (Wildman–Crippen MR) is 126 cm³/mol. The average molecular weight is 505 g/mol. The lowest BCUT2D eigenvalue weighted by molar-refractivity contribution is 0.113. The summed E-state index contributed by atoms with van der Waals surface area (Å²) in [5, 5.41) is 9.08. The van der Waals surface area contributed by atoms with Gasteiger partial charge in [-0.25, -0.2) is 23.4 Å². The lowest BCUT2D eigenvalue weighted by Crippen LogP contribution is -2.46. The van der Waals surface area contributed by atoms with Crippen LogP contribution in [-0.4, -0.2) is 48.2 Å². The van der Waals surface area contributed by atoms with Gasteiger partial charge >= 0.3 is 12.1 Å². The van der Waals surface area contributed by atoms with Crippen LogP contribution < -0.4 is 15.5 Å². The maximum atomic E-state index is 13.9. The second-order valence-corrected chi connectivity index (χ2v) is 8.48. The standard InChI is InChI=1S/C22H23F2N7O3S/c1-31(21(32)26-12-14-6-4-8-16(23)19(14)24)15(7-5-11-27-30-25)13-34-22(33)29-20-28-17-9-2-3-10-18(17)35-20/h2-4,6,8-10,15,25H,5,7,11-13H2,1H3,(H-,26,28,29,32,33)/p+1/t15-/m0/s1. The van der Waals surface area contributed by atoms with Crippen molar-refractivity contribution in [3.8, 4) is 0 Å². The molecule has 1 aromatic heterocycles. The van der Waals surface area contributed by atoms with Gasteiger partial charge in [0.15, 0.2) is 16.8 Å². The van der Waals surface area contributed by atoms with Crippen LogP contribution in [0.4, 0.5) is 23.5 Å². The Morgan fingerprint density at radius 2 is 2.06 bits per heavy atom. The highest BCUT2D eigenvalue weighted by atomic mass is 32.1. The van der Waals surface area contributed by atoms with Gasteiger partial charge in [0.1, 0.15) is 23.8 Å². The van der Waals surface area contributed by atoms with Gasteiger partial charge in [0.05, 0.1) is 16.3 Å². The summed E-state index contributed by atoms with van der Waals surface area (Å²) in [7, 11) is 1.50. The van der Waals surface area contributed by atoms with Crippen LogP contribution in [0.3, 0.4) is 0 Å². The Morgan fingerprint density at radius 3 is 2.83 bits per heavy atom. The van der Waals surface area contributed by atoms with E-state index in [1.165, 1.54) is 35.4 Å². The van der Waals surface area contributed by atoms with Crippen LogP contribution >= 0.6 is 11.3 Å². The fourth-order valence-electron chi connectivity index (χ4n) is 3.20. The van der Waals surface area contributed by atoms with Gasteiger partial charge in [-0.05, 0) is 31.0 Å². The van der Waals surface area contributed by atoms with E-state index < -0.39 is 29.8 Å². The Balaban J connectivity index is 1.58. The summed E-state index contributed by atoms with van der Waals surface area (Å²) in [6.07, 6.45) is 0.146. The van der Waals surface area contributed by atoms with Gasteiger partial charge < -0.3 is 15.0 Å². The molecule has 0 aliphatic carbocycles. The molecule has 13 heteroatoms. The second-order valence-electron chi connectivity index (χ2n) is 7.45. The Bertz CT molecular complexity index is 1200. The molecule has 3 rings (SSSR count). The number of rotatable bonds is 10. The number of halogens is 2. The minimum Gasteiger partial charge on any atom is -0.447 e. The molecule has 0 aliphatic rings. The molecule has 3 amide bonds. The van der Waals surface area contributed by atoms with Gasteiger partial charge in [0.25, 0.3) is 0 Å². The molecule has 0 unspecified atom stereocenters. The molecule has 0 aliphatic heterocycles. The summed E-state index contributed by atoms with van der Waals surface area (Å²) in [6, 6.07) is 10.0. The fourth-order valence-corrected chi connectivity index (χ4v) is 4.06. The number of nitrogens with one attached hydrogen (secondary N) is 3. The van der Waals surface area contributed by atoms with Gasteiger partial charge in [-0.3, -0.25) is 5.32 Å². The van der Waals surface area contributed by atoms with E-state index in [1.54, 1.807) is 0 Å². The van der Waals surface area contributed by atoms with E-state index >= 15 is 0 Å². The number of benzene rings is 2. The number of ether oxygens (including phenoxy) is 1. The van der Waals surface area contributed by atoms with Crippen LogP contribution in [0.25, 0.3) is 10.2 Å². The first-order valence-electron chi connectivity index (χ1n) is 10.6. The first kappa shape index (κ1) is 25.7. The molecular weight excluding hydrogens is 480 g/mol. The van der Waals surface area contributed by atoms with Gasteiger partial charge in [-0.1, -0.05) is 35.6 Å². The van der Waals surface area contributed by atoms with E-state index in [9.17, 15) is 18.4 Å². The van der Waals surface area contributed by atoms with Crippen LogP contribution in [0, 0.1) is 17.2 Å². The van der Waals surface area contributed by atoms with Crippen LogP contribution in [-0.2, 0) is 11.3 Å². The lowest BCUT2D eigenvalue weighted by Gasteiger charge is -2.28. The van der Waals surface area contributed by atoms with Crippen molar-refractivity contribution < 1.29 is 23.1 Å². The first-order valence-corrected chi connectivity index (χ1v) is 11.5. The first-order chi connectivity index (χ1) is 16.9. The van der Waals surface area contributed by atoms with Gasteiger partial charge in [-0.2, -0.15) is 0 Å². The van der Waals surface area contributed by atoms with Gasteiger partial charge in [-0.15, -0.1) is 0 Å². The van der Waals surface area contributed by atoms with Crippen LogP contribution in [0.1, 0.15) is 18.4 Å². The number of amides is 3. The van der Waals surface area contributed by atoms with Crippen molar-refractivity contribution in [1.29, 1.82) is 5.53 Å². The van der Waals surface area contributed by atoms with Gasteiger partial charge in [0, 0.05) is 19.2 Å². The number of hydrogen-bond acceptors (Lipinski definition) is 7. The van der Waals surface area contributed by atoms with E-state index in [1.807, 2.05) is 24.3 Å². The van der Waals surface area contributed by atoms with Crippen molar-refractivity contribution in [2.45, 2.75) is 25.4 Å². The molecule has 35 heavy (non-hydrogen) atoms. The van der Waals surface area contributed by atoms with Crippen molar-refractivity contribution >= 4 is 38.8 Å². The monoisotopic (exact) mass is 504 g/mol. The third kappa shape index (κ3) is 7.26. The lowest BCUT2D eigenvalue weighted by atomic mass is 10.1. The topological polar surface area (TPSA) is 134 Å². The quantitative estimate of drug-likeness (QED) is 0.210. The number of urea groups is 1. The second kappa shape index (κ2) is 12.5. The normalized spacial score (nSPS) is 11.4. The smallest absolute Gasteiger partial charge is 0.413 e. The van der Waals surface area contributed by atoms with Crippen LogP contribution in [0.2, 0.25) is 0 Å². The number of fused-ring (bicyclic) bond motifs is 1. The number of thiazole rings is 1. The summed E-state index contributed by atoms with van der Waals surface area (Å²) in [6.45, 7) is -0.0830. The molecule has 0 bridgehead atoms. The Labute approximate surface area is 203 Å². The van der Waals surface area contributed by atoms with E-state index in [4.69, 9.17) is 10.3 Å².